The highest BCUT2D eigenvalue weighted by molar-refractivity contribution is 7.07. The van der Waals surface area contributed by atoms with Gasteiger partial charge in [0.15, 0.2) is 6.20 Å². The normalized spacial score (nSPS) is 17.8. The Bertz CT molecular complexity index is 565. The van der Waals surface area contributed by atoms with E-state index in [4.69, 9.17) is 9.47 Å². The number of rotatable bonds is 26. The Morgan fingerprint density at radius 1 is 0.750 bits per heavy atom. The molecule has 210 valence electrons. The van der Waals surface area contributed by atoms with Gasteiger partial charge in [0, 0.05) is 19.6 Å². The van der Waals surface area contributed by atoms with Crippen LogP contribution in [0.4, 0.5) is 0 Å². The van der Waals surface area contributed by atoms with Crippen molar-refractivity contribution in [2.75, 3.05) is 19.8 Å². The summed E-state index contributed by atoms with van der Waals surface area (Å²) in [5.41, 5.74) is 2.20. The molecular formula is C32H60NO2S+. The van der Waals surface area contributed by atoms with Crippen LogP contribution in [0.1, 0.15) is 148 Å². The van der Waals surface area contributed by atoms with Gasteiger partial charge in [-0.15, -0.1) is 0 Å². The van der Waals surface area contributed by atoms with E-state index < -0.39 is 0 Å². The van der Waals surface area contributed by atoms with Crippen LogP contribution in [0.5, 0.6) is 0 Å². The molecule has 4 heteroatoms. The summed E-state index contributed by atoms with van der Waals surface area (Å²) in [6.07, 6.45) is 33.2. The fourth-order valence-corrected chi connectivity index (χ4v) is 6.16. The summed E-state index contributed by atoms with van der Waals surface area (Å²) in [6.45, 7) is 6.17. The van der Waals surface area contributed by atoms with Gasteiger partial charge in [0.05, 0.1) is 18.1 Å². The SMILES string of the molecule is CCCCCCCCCCCCCCCCC1COC(COCCCCCCCC[n+]2ccsc2)C1. The van der Waals surface area contributed by atoms with Crippen LogP contribution in [-0.4, -0.2) is 25.9 Å². The Kier molecular flexibility index (Phi) is 20.9. The summed E-state index contributed by atoms with van der Waals surface area (Å²) >= 11 is 1.78. The minimum atomic E-state index is 0.358. The van der Waals surface area contributed by atoms with E-state index in [1.54, 1.807) is 11.3 Å². The van der Waals surface area contributed by atoms with Gasteiger partial charge in [-0.3, -0.25) is 0 Å². The molecule has 1 aliphatic heterocycles. The van der Waals surface area contributed by atoms with Gasteiger partial charge in [0.25, 0.3) is 0 Å². The van der Waals surface area contributed by atoms with Gasteiger partial charge in [0.2, 0.25) is 5.51 Å². The number of hydrogen-bond acceptors (Lipinski definition) is 3. The molecule has 0 saturated carbocycles. The number of aromatic nitrogens is 1. The van der Waals surface area contributed by atoms with Crippen LogP contribution in [0.2, 0.25) is 0 Å². The van der Waals surface area contributed by atoms with Gasteiger partial charge in [0.1, 0.15) is 6.54 Å². The first-order valence-corrected chi connectivity index (χ1v) is 16.9. The van der Waals surface area contributed by atoms with Crippen molar-refractivity contribution < 1.29 is 14.0 Å². The average Bonchev–Trinajstić information content (AvgIpc) is 3.58. The van der Waals surface area contributed by atoms with Gasteiger partial charge in [-0.05, 0) is 31.6 Å². The van der Waals surface area contributed by atoms with E-state index in [0.717, 1.165) is 25.7 Å². The van der Waals surface area contributed by atoms with E-state index in [0.29, 0.717) is 6.10 Å². The first-order valence-electron chi connectivity index (χ1n) is 16.0. The van der Waals surface area contributed by atoms with E-state index >= 15 is 0 Å². The van der Waals surface area contributed by atoms with Gasteiger partial charge in [-0.25, -0.2) is 0 Å². The molecule has 0 radical (unpaired) electrons. The van der Waals surface area contributed by atoms with Crippen LogP contribution >= 0.6 is 11.3 Å². The first kappa shape index (κ1) is 31.8. The van der Waals surface area contributed by atoms with Crippen LogP contribution in [0.3, 0.4) is 0 Å². The largest absolute Gasteiger partial charge is 0.379 e. The molecule has 0 spiro atoms. The Hall–Kier alpha value is -0.450. The topological polar surface area (TPSA) is 22.3 Å². The average molecular weight is 523 g/mol. The standard InChI is InChI=1S/C32H60NO2S/c1-2-3-4-5-6-7-8-9-10-11-12-13-16-19-22-31-27-32(35-28-31)29-34-25-21-18-15-14-17-20-23-33-24-26-36-30-33/h24,26,30-32H,2-23,25,27-29H2,1H3/q+1. The van der Waals surface area contributed by atoms with Crippen LogP contribution in [0.15, 0.2) is 17.1 Å². The van der Waals surface area contributed by atoms with Crippen molar-refractivity contribution >= 4 is 11.3 Å². The molecule has 1 saturated heterocycles. The smallest absolute Gasteiger partial charge is 0.224 e. The summed E-state index contributed by atoms with van der Waals surface area (Å²) in [5, 5.41) is 2.15. The third kappa shape index (κ3) is 17.9. The highest BCUT2D eigenvalue weighted by Gasteiger charge is 2.24. The van der Waals surface area contributed by atoms with Crippen LogP contribution in [0.25, 0.3) is 0 Å². The van der Waals surface area contributed by atoms with E-state index in [1.807, 2.05) is 0 Å². The highest BCUT2D eigenvalue weighted by atomic mass is 32.1. The second-order valence-corrected chi connectivity index (χ2v) is 12.2. The Morgan fingerprint density at radius 2 is 1.33 bits per heavy atom. The van der Waals surface area contributed by atoms with E-state index in [2.05, 4.69) is 28.6 Å². The van der Waals surface area contributed by atoms with Crippen LogP contribution < -0.4 is 4.57 Å². The number of aryl methyl sites for hydroxylation is 1. The van der Waals surface area contributed by atoms with Gasteiger partial charge in [-0.1, -0.05) is 127 Å². The maximum Gasteiger partial charge on any atom is 0.224 e. The molecule has 2 atom stereocenters. The zero-order valence-corrected chi connectivity index (χ0v) is 24.8. The molecule has 3 nitrogen and oxygen atoms in total. The van der Waals surface area contributed by atoms with Crippen molar-refractivity contribution in [3.05, 3.63) is 17.1 Å². The molecule has 2 heterocycles. The summed E-state index contributed by atoms with van der Waals surface area (Å²) in [7, 11) is 0. The molecule has 0 aliphatic carbocycles. The summed E-state index contributed by atoms with van der Waals surface area (Å²) < 4.78 is 14.3. The fourth-order valence-electron chi connectivity index (χ4n) is 5.53. The quantitative estimate of drug-likeness (QED) is 0.0892. The molecule has 1 aromatic rings. The fraction of sp³-hybridized carbons (Fsp3) is 0.906. The number of unbranched alkanes of at least 4 members (excludes halogenated alkanes) is 18. The molecular weight excluding hydrogens is 462 g/mol. The van der Waals surface area contributed by atoms with Crippen molar-refractivity contribution in [2.45, 2.75) is 161 Å². The van der Waals surface area contributed by atoms with Crippen molar-refractivity contribution in [3.8, 4) is 0 Å². The number of ether oxygens (including phenoxy) is 2. The maximum absolute atomic E-state index is 6.01. The van der Waals surface area contributed by atoms with Crippen molar-refractivity contribution in [1.82, 2.24) is 0 Å². The van der Waals surface area contributed by atoms with Gasteiger partial charge < -0.3 is 9.47 Å². The van der Waals surface area contributed by atoms with E-state index in [9.17, 15) is 0 Å². The Labute approximate surface area is 228 Å². The second kappa shape index (κ2) is 23.7. The summed E-state index contributed by atoms with van der Waals surface area (Å²) in [6, 6.07) is 0. The molecule has 0 aromatic carbocycles. The van der Waals surface area contributed by atoms with Crippen molar-refractivity contribution in [2.24, 2.45) is 5.92 Å². The number of nitrogens with zero attached hydrogens (tertiary/aromatic N) is 1. The first-order chi connectivity index (χ1) is 17.9. The predicted molar refractivity (Wildman–Crippen MR) is 156 cm³/mol. The maximum atomic E-state index is 6.01. The molecule has 2 rings (SSSR count). The molecule has 1 aliphatic rings. The lowest BCUT2D eigenvalue weighted by atomic mass is 9.97. The molecule has 1 aromatic heterocycles. The molecule has 0 N–H and O–H groups in total. The van der Waals surface area contributed by atoms with Crippen LogP contribution in [0, 0.1) is 5.92 Å². The second-order valence-electron chi connectivity index (χ2n) is 11.4. The van der Waals surface area contributed by atoms with E-state index in [1.165, 1.54) is 148 Å². The van der Waals surface area contributed by atoms with E-state index in [-0.39, 0.29) is 0 Å². The van der Waals surface area contributed by atoms with Crippen LogP contribution in [-0.2, 0) is 16.0 Å². The molecule has 2 unspecified atom stereocenters. The van der Waals surface area contributed by atoms with Crippen molar-refractivity contribution in [3.63, 3.8) is 0 Å². The number of hydrogen-bond donors (Lipinski definition) is 0. The molecule has 0 amide bonds. The lowest BCUT2D eigenvalue weighted by Crippen LogP contribution is -2.29. The zero-order valence-electron chi connectivity index (χ0n) is 23.9. The molecule has 1 fully saturated rings. The third-order valence-corrected chi connectivity index (χ3v) is 8.59. The summed E-state index contributed by atoms with van der Waals surface area (Å²) in [4.78, 5) is 0. The highest BCUT2D eigenvalue weighted by Crippen LogP contribution is 2.25. The van der Waals surface area contributed by atoms with Gasteiger partial charge >= 0.3 is 0 Å². The molecule has 36 heavy (non-hydrogen) atoms. The Balaban J connectivity index is 1.25. The summed E-state index contributed by atoms with van der Waals surface area (Å²) in [5.74, 6) is 0.781. The predicted octanol–water partition coefficient (Wildman–Crippen LogP) is 9.67. The monoisotopic (exact) mass is 522 g/mol. The Morgan fingerprint density at radius 3 is 1.94 bits per heavy atom. The molecule has 0 bridgehead atoms. The zero-order chi connectivity index (χ0) is 25.4. The lowest BCUT2D eigenvalue weighted by molar-refractivity contribution is -0.692. The van der Waals surface area contributed by atoms with Gasteiger partial charge in [-0.2, -0.15) is 4.57 Å². The van der Waals surface area contributed by atoms with Crippen molar-refractivity contribution in [1.29, 1.82) is 0 Å². The lowest BCUT2D eigenvalue weighted by Gasteiger charge is -2.10. The minimum Gasteiger partial charge on any atom is -0.379 e. The number of thiazole rings is 1. The third-order valence-electron chi connectivity index (χ3n) is 7.92. The minimum absolute atomic E-state index is 0.358.